The topological polar surface area (TPSA) is 3.24 Å². The van der Waals surface area contributed by atoms with Crippen molar-refractivity contribution in [1.29, 1.82) is 0 Å². The predicted octanol–water partition coefficient (Wildman–Crippen LogP) is 1.69. The van der Waals surface area contributed by atoms with Gasteiger partial charge in [-0.1, -0.05) is 0 Å². The van der Waals surface area contributed by atoms with Crippen molar-refractivity contribution in [3.05, 3.63) is 0 Å². The van der Waals surface area contributed by atoms with E-state index in [2.05, 4.69) is 11.9 Å². The van der Waals surface area contributed by atoms with Crippen molar-refractivity contribution < 1.29 is 4.39 Å². The summed E-state index contributed by atoms with van der Waals surface area (Å²) in [5, 5.41) is 0. The standard InChI is InChI=1S/C9H16FN/c1-9(10)7-3-4-8(9)6-11(2)5-7/h7-8H,3-6H2,1-2H3. The van der Waals surface area contributed by atoms with E-state index in [1.165, 1.54) is 0 Å². The van der Waals surface area contributed by atoms with Gasteiger partial charge in [0, 0.05) is 24.9 Å². The maximum Gasteiger partial charge on any atom is 0.116 e. The highest BCUT2D eigenvalue weighted by atomic mass is 19.1. The van der Waals surface area contributed by atoms with Crippen LogP contribution in [-0.4, -0.2) is 30.7 Å². The second-order valence-electron chi connectivity index (χ2n) is 4.34. The molecule has 2 heteroatoms. The van der Waals surface area contributed by atoms with Crippen LogP contribution in [0.15, 0.2) is 0 Å². The Labute approximate surface area is 67.6 Å². The van der Waals surface area contributed by atoms with E-state index in [9.17, 15) is 4.39 Å². The lowest BCUT2D eigenvalue weighted by Gasteiger charge is -2.38. The van der Waals surface area contributed by atoms with E-state index < -0.39 is 5.67 Å². The Bertz CT molecular complexity index is 151. The molecule has 64 valence electrons. The predicted molar refractivity (Wildman–Crippen MR) is 43.2 cm³/mol. The van der Waals surface area contributed by atoms with Crippen molar-refractivity contribution in [2.75, 3.05) is 20.1 Å². The van der Waals surface area contributed by atoms with Crippen LogP contribution in [0, 0.1) is 11.8 Å². The van der Waals surface area contributed by atoms with Crippen LogP contribution in [-0.2, 0) is 0 Å². The van der Waals surface area contributed by atoms with Crippen LogP contribution < -0.4 is 0 Å². The Morgan fingerprint density at radius 3 is 2.18 bits per heavy atom. The Morgan fingerprint density at radius 1 is 1.27 bits per heavy atom. The molecule has 1 saturated carbocycles. The maximum atomic E-state index is 13.9. The largest absolute Gasteiger partial charge is 0.306 e. The Morgan fingerprint density at radius 2 is 1.73 bits per heavy atom. The van der Waals surface area contributed by atoms with Crippen LogP contribution in [0.2, 0.25) is 0 Å². The summed E-state index contributed by atoms with van der Waals surface area (Å²) in [7, 11) is 2.10. The summed E-state index contributed by atoms with van der Waals surface area (Å²) in [4.78, 5) is 2.27. The summed E-state index contributed by atoms with van der Waals surface area (Å²) in [5.74, 6) is 0.623. The third-order valence-electron chi connectivity index (χ3n) is 3.52. The van der Waals surface area contributed by atoms with Crippen molar-refractivity contribution in [3.8, 4) is 0 Å². The first-order valence-corrected chi connectivity index (χ1v) is 4.48. The second kappa shape index (κ2) is 2.19. The minimum Gasteiger partial charge on any atom is -0.306 e. The fourth-order valence-electron chi connectivity index (χ4n) is 2.67. The van der Waals surface area contributed by atoms with E-state index in [-0.39, 0.29) is 0 Å². The van der Waals surface area contributed by atoms with E-state index >= 15 is 0 Å². The van der Waals surface area contributed by atoms with Gasteiger partial charge in [-0.25, -0.2) is 4.39 Å². The number of likely N-dealkylation sites (tertiary alicyclic amines) is 1. The minimum absolute atomic E-state index is 0.311. The highest BCUT2D eigenvalue weighted by molar-refractivity contribution is 5.01. The lowest BCUT2D eigenvalue weighted by Crippen LogP contribution is -2.47. The lowest BCUT2D eigenvalue weighted by atomic mass is 9.84. The van der Waals surface area contributed by atoms with Gasteiger partial charge in [-0.05, 0) is 26.8 Å². The molecule has 2 rings (SSSR count). The molecule has 1 aliphatic heterocycles. The molecule has 2 fully saturated rings. The smallest absolute Gasteiger partial charge is 0.116 e. The molecule has 2 atom stereocenters. The monoisotopic (exact) mass is 157 g/mol. The molecule has 0 radical (unpaired) electrons. The molecule has 0 aromatic heterocycles. The molecule has 1 saturated heterocycles. The average molecular weight is 157 g/mol. The first-order chi connectivity index (χ1) is 5.10. The number of alkyl halides is 1. The zero-order chi connectivity index (χ0) is 8.06. The molecule has 0 aromatic carbocycles. The molecule has 0 spiro atoms. The third kappa shape index (κ3) is 0.994. The fourth-order valence-corrected chi connectivity index (χ4v) is 2.67. The van der Waals surface area contributed by atoms with Crippen LogP contribution in [0.4, 0.5) is 4.39 Å². The summed E-state index contributed by atoms with van der Waals surface area (Å²) in [6.45, 7) is 3.72. The minimum atomic E-state index is -0.855. The molecule has 2 bridgehead atoms. The van der Waals surface area contributed by atoms with Gasteiger partial charge in [0.15, 0.2) is 0 Å². The van der Waals surface area contributed by atoms with Gasteiger partial charge in [-0.15, -0.1) is 0 Å². The maximum absolute atomic E-state index is 13.9. The highest BCUT2D eigenvalue weighted by Gasteiger charge is 2.50. The summed E-state index contributed by atoms with van der Waals surface area (Å²) in [6.07, 6.45) is 2.20. The van der Waals surface area contributed by atoms with Crippen molar-refractivity contribution in [3.63, 3.8) is 0 Å². The van der Waals surface area contributed by atoms with Crippen molar-refractivity contribution >= 4 is 0 Å². The molecule has 1 nitrogen and oxygen atoms in total. The number of nitrogens with zero attached hydrogens (tertiary/aromatic N) is 1. The molecule has 0 aromatic rings. The number of rotatable bonds is 0. The van der Waals surface area contributed by atoms with Crippen molar-refractivity contribution in [2.45, 2.75) is 25.4 Å². The van der Waals surface area contributed by atoms with Gasteiger partial charge in [0.05, 0.1) is 0 Å². The SMILES string of the molecule is CN1CC2CCC(C1)C2(C)F. The molecule has 1 heterocycles. The third-order valence-corrected chi connectivity index (χ3v) is 3.52. The van der Waals surface area contributed by atoms with Gasteiger partial charge in [-0.2, -0.15) is 0 Å². The van der Waals surface area contributed by atoms with E-state index in [1.54, 1.807) is 6.92 Å². The van der Waals surface area contributed by atoms with Crippen LogP contribution in [0.25, 0.3) is 0 Å². The zero-order valence-electron chi connectivity index (χ0n) is 7.31. The van der Waals surface area contributed by atoms with Gasteiger partial charge in [0.25, 0.3) is 0 Å². The Hall–Kier alpha value is -0.110. The molecule has 0 N–H and O–H groups in total. The van der Waals surface area contributed by atoms with E-state index in [4.69, 9.17) is 0 Å². The van der Waals surface area contributed by atoms with Crippen LogP contribution in [0.3, 0.4) is 0 Å². The Kier molecular flexibility index (Phi) is 1.50. The van der Waals surface area contributed by atoms with Gasteiger partial charge in [0.1, 0.15) is 5.67 Å². The molecule has 2 aliphatic rings. The average Bonchev–Trinajstić information content (AvgIpc) is 2.19. The van der Waals surface area contributed by atoms with Gasteiger partial charge in [0.2, 0.25) is 0 Å². The quantitative estimate of drug-likeness (QED) is 0.517. The van der Waals surface area contributed by atoms with E-state index in [0.717, 1.165) is 25.9 Å². The number of hydrogen-bond donors (Lipinski definition) is 0. The van der Waals surface area contributed by atoms with Gasteiger partial charge >= 0.3 is 0 Å². The summed E-state index contributed by atoms with van der Waals surface area (Å²) < 4.78 is 13.9. The first kappa shape index (κ1) is 7.53. The number of hydrogen-bond acceptors (Lipinski definition) is 1. The van der Waals surface area contributed by atoms with Crippen LogP contribution in [0.5, 0.6) is 0 Å². The zero-order valence-corrected chi connectivity index (χ0v) is 7.31. The number of halogens is 1. The second-order valence-corrected chi connectivity index (χ2v) is 4.34. The first-order valence-electron chi connectivity index (χ1n) is 4.48. The molecular weight excluding hydrogens is 141 g/mol. The molecular formula is C9H16FN. The summed E-state index contributed by atoms with van der Waals surface area (Å²) in [5.41, 5.74) is -0.855. The summed E-state index contributed by atoms with van der Waals surface area (Å²) >= 11 is 0. The van der Waals surface area contributed by atoms with E-state index in [1.807, 2.05) is 0 Å². The molecule has 1 aliphatic carbocycles. The van der Waals surface area contributed by atoms with Crippen molar-refractivity contribution in [2.24, 2.45) is 11.8 Å². The van der Waals surface area contributed by atoms with E-state index in [0.29, 0.717) is 11.8 Å². The number of fused-ring (bicyclic) bond motifs is 2. The lowest BCUT2D eigenvalue weighted by molar-refractivity contribution is 0.00926. The van der Waals surface area contributed by atoms with Crippen LogP contribution in [0.1, 0.15) is 19.8 Å². The Balaban J connectivity index is 2.19. The number of piperidine rings is 1. The highest BCUT2D eigenvalue weighted by Crippen LogP contribution is 2.46. The normalized spacial score (nSPS) is 51.5. The molecule has 11 heavy (non-hydrogen) atoms. The van der Waals surface area contributed by atoms with Crippen molar-refractivity contribution in [1.82, 2.24) is 4.90 Å². The molecule has 2 unspecified atom stereocenters. The van der Waals surface area contributed by atoms with Gasteiger partial charge in [-0.3, -0.25) is 0 Å². The summed E-state index contributed by atoms with van der Waals surface area (Å²) in [6, 6.07) is 0. The molecule has 0 amide bonds. The fraction of sp³-hybridized carbons (Fsp3) is 1.00. The van der Waals surface area contributed by atoms with Crippen LogP contribution >= 0.6 is 0 Å². The van der Waals surface area contributed by atoms with Gasteiger partial charge < -0.3 is 4.90 Å².